The Labute approximate surface area is 183 Å². The van der Waals surface area contributed by atoms with Crippen LogP contribution < -0.4 is 9.47 Å². The second-order valence-corrected chi connectivity index (χ2v) is 8.68. The summed E-state index contributed by atoms with van der Waals surface area (Å²) in [6, 6.07) is 5.16. The molecule has 0 radical (unpaired) electrons. The highest BCUT2D eigenvalue weighted by atomic mass is 16.6. The number of ketones is 1. The molecule has 0 saturated carbocycles. The van der Waals surface area contributed by atoms with E-state index in [1.165, 1.54) is 12.8 Å². The summed E-state index contributed by atoms with van der Waals surface area (Å²) in [7, 11) is 0. The molecule has 3 aliphatic heterocycles. The van der Waals surface area contributed by atoms with Crippen LogP contribution in [0.1, 0.15) is 61.7 Å². The smallest absolute Gasteiger partial charge is 0.225 e. The summed E-state index contributed by atoms with van der Waals surface area (Å²) in [4.78, 5) is 41.8. The second kappa shape index (κ2) is 10.2. The maximum Gasteiger partial charge on any atom is 0.225 e. The van der Waals surface area contributed by atoms with Crippen molar-refractivity contribution < 1.29 is 23.9 Å². The molecule has 0 atom stereocenters. The van der Waals surface area contributed by atoms with Gasteiger partial charge in [-0.05, 0) is 43.9 Å². The van der Waals surface area contributed by atoms with E-state index in [1.807, 2.05) is 9.80 Å². The lowest BCUT2D eigenvalue weighted by molar-refractivity contribution is -0.140. The lowest BCUT2D eigenvalue weighted by Crippen LogP contribution is -2.44. The molecule has 0 spiro atoms. The van der Waals surface area contributed by atoms with Gasteiger partial charge in [-0.3, -0.25) is 14.4 Å². The van der Waals surface area contributed by atoms with Crippen molar-refractivity contribution in [2.45, 2.75) is 51.4 Å². The van der Waals surface area contributed by atoms with E-state index in [4.69, 9.17) is 9.47 Å². The SMILES string of the molecule is O=C(CCC(=O)N1CCC(C(=O)N2CCCCCC2)CC1)c1ccc2c(c1)OCCO2. The normalized spacial score (nSPS) is 19.6. The van der Waals surface area contributed by atoms with E-state index in [9.17, 15) is 14.4 Å². The number of amides is 2. The Balaban J connectivity index is 1.23. The molecule has 1 aromatic rings. The highest BCUT2D eigenvalue weighted by Gasteiger charge is 2.30. The maximum absolute atomic E-state index is 12.8. The molecule has 31 heavy (non-hydrogen) atoms. The number of nitrogens with zero attached hydrogens (tertiary/aromatic N) is 2. The highest BCUT2D eigenvalue weighted by molar-refractivity contribution is 5.98. The molecule has 2 amide bonds. The standard InChI is InChI=1S/C24H32N2O5/c27-20(19-5-7-21-22(17-19)31-16-15-30-21)6-8-23(28)25-13-9-18(10-14-25)24(29)26-11-3-1-2-4-12-26/h5,7,17-18H,1-4,6,8-16H2. The first-order valence-electron chi connectivity index (χ1n) is 11.6. The Kier molecular flexibility index (Phi) is 7.10. The van der Waals surface area contributed by atoms with Crippen LogP contribution in [0.15, 0.2) is 18.2 Å². The minimum Gasteiger partial charge on any atom is -0.486 e. The summed E-state index contributed by atoms with van der Waals surface area (Å²) in [6.07, 6.45) is 6.42. The van der Waals surface area contributed by atoms with Crippen molar-refractivity contribution in [2.75, 3.05) is 39.4 Å². The number of Topliss-reactive ketones (excluding diaryl/α,β-unsaturated/α-hetero) is 1. The summed E-state index contributed by atoms with van der Waals surface area (Å²) in [5.41, 5.74) is 0.541. The number of hydrogen-bond donors (Lipinski definition) is 0. The van der Waals surface area contributed by atoms with E-state index in [-0.39, 0.29) is 36.4 Å². The average molecular weight is 429 g/mol. The van der Waals surface area contributed by atoms with Crippen LogP contribution in [0.2, 0.25) is 0 Å². The number of likely N-dealkylation sites (tertiary alicyclic amines) is 2. The van der Waals surface area contributed by atoms with Crippen molar-refractivity contribution in [3.8, 4) is 11.5 Å². The minimum atomic E-state index is -0.0726. The first kappa shape index (κ1) is 21.7. The fourth-order valence-corrected chi connectivity index (χ4v) is 4.66. The molecule has 4 rings (SSSR count). The monoisotopic (exact) mass is 428 g/mol. The topological polar surface area (TPSA) is 76.2 Å². The number of fused-ring (bicyclic) bond motifs is 1. The van der Waals surface area contributed by atoms with E-state index in [0.717, 1.165) is 38.8 Å². The molecule has 7 nitrogen and oxygen atoms in total. The van der Waals surface area contributed by atoms with Gasteiger partial charge in [0.1, 0.15) is 13.2 Å². The van der Waals surface area contributed by atoms with Crippen LogP contribution in [-0.4, -0.2) is 66.8 Å². The van der Waals surface area contributed by atoms with Crippen molar-refractivity contribution in [3.63, 3.8) is 0 Å². The number of carbonyl (C=O) groups is 3. The number of carbonyl (C=O) groups excluding carboxylic acids is 3. The van der Waals surface area contributed by atoms with Gasteiger partial charge in [0.25, 0.3) is 0 Å². The molecule has 0 aromatic heterocycles. The fourth-order valence-electron chi connectivity index (χ4n) is 4.66. The lowest BCUT2D eigenvalue weighted by atomic mass is 9.94. The third kappa shape index (κ3) is 5.38. The Morgan fingerprint density at radius 3 is 2.19 bits per heavy atom. The van der Waals surface area contributed by atoms with Crippen LogP contribution in [0, 0.1) is 5.92 Å². The first-order chi connectivity index (χ1) is 15.1. The number of ether oxygens (including phenoxy) is 2. The Morgan fingerprint density at radius 1 is 0.806 bits per heavy atom. The van der Waals surface area contributed by atoms with Gasteiger partial charge >= 0.3 is 0 Å². The van der Waals surface area contributed by atoms with Gasteiger partial charge in [-0.25, -0.2) is 0 Å². The summed E-state index contributed by atoms with van der Waals surface area (Å²) in [5.74, 6) is 1.45. The number of hydrogen-bond acceptors (Lipinski definition) is 5. The minimum absolute atomic E-state index is 0.00781. The van der Waals surface area contributed by atoms with Gasteiger partial charge in [0.05, 0.1) is 0 Å². The van der Waals surface area contributed by atoms with Gasteiger partial charge in [-0.2, -0.15) is 0 Å². The third-order valence-corrected chi connectivity index (χ3v) is 6.54. The number of piperidine rings is 1. The summed E-state index contributed by atoms with van der Waals surface area (Å²) < 4.78 is 11.0. The van der Waals surface area contributed by atoms with Crippen LogP contribution >= 0.6 is 0 Å². The molecule has 3 heterocycles. The zero-order valence-corrected chi connectivity index (χ0v) is 18.1. The van der Waals surface area contributed by atoms with Gasteiger partial charge in [0, 0.05) is 50.5 Å². The largest absolute Gasteiger partial charge is 0.486 e. The molecule has 1 aromatic carbocycles. The van der Waals surface area contributed by atoms with Crippen LogP contribution in [0.25, 0.3) is 0 Å². The molecule has 0 N–H and O–H groups in total. The van der Waals surface area contributed by atoms with Crippen LogP contribution in [0.3, 0.4) is 0 Å². The summed E-state index contributed by atoms with van der Waals surface area (Å²) in [6.45, 7) is 3.93. The van der Waals surface area contributed by atoms with E-state index < -0.39 is 0 Å². The summed E-state index contributed by atoms with van der Waals surface area (Å²) in [5, 5.41) is 0. The molecule has 7 heteroatoms. The van der Waals surface area contributed by atoms with Crippen molar-refractivity contribution >= 4 is 17.6 Å². The second-order valence-electron chi connectivity index (χ2n) is 8.68. The van der Waals surface area contributed by atoms with Gasteiger partial charge in [0.2, 0.25) is 11.8 Å². The molecular formula is C24H32N2O5. The molecule has 0 bridgehead atoms. The van der Waals surface area contributed by atoms with E-state index >= 15 is 0 Å². The van der Waals surface area contributed by atoms with Gasteiger partial charge in [0.15, 0.2) is 17.3 Å². The van der Waals surface area contributed by atoms with Crippen molar-refractivity contribution in [3.05, 3.63) is 23.8 Å². The molecular weight excluding hydrogens is 396 g/mol. The maximum atomic E-state index is 12.8. The molecule has 0 aliphatic carbocycles. The zero-order valence-electron chi connectivity index (χ0n) is 18.1. The van der Waals surface area contributed by atoms with E-state index in [1.54, 1.807) is 18.2 Å². The summed E-state index contributed by atoms with van der Waals surface area (Å²) >= 11 is 0. The number of benzene rings is 1. The number of rotatable bonds is 5. The molecule has 0 unspecified atom stereocenters. The van der Waals surface area contributed by atoms with Crippen LogP contribution in [0.4, 0.5) is 0 Å². The zero-order chi connectivity index (χ0) is 21.6. The molecule has 2 fully saturated rings. The average Bonchev–Trinajstić information content (AvgIpc) is 3.11. The predicted octanol–water partition coefficient (Wildman–Crippen LogP) is 3.06. The Morgan fingerprint density at radius 2 is 1.48 bits per heavy atom. The van der Waals surface area contributed by atoms with Gasteiger partial charge in [-0.1, -0.05) is 12.8 Å². The molecule has 168 valence electrons. The Bertz CT molecular complexity index is 808. The molecule has 3 aliphatic rings. The van der Waals surface area contributed by atoms with Gasteiger partial charge < -0.3 is 19.3 Å². The van der Waals surface area contributed by atoms with Crippen molar-refractivity contribution in [1.29, 1.82) is 0 Å². The van der Waals surface area contributed by atoms with Crippen LogP contribution in [0.5, 0.6) is 11.5 Å². The predicted molar refractivity (Wildman–Crippen MR) is 115 cm³/mol. The lowest BCUT2D eigenvalue weighted by Gasteiger charge is -2.34. The highest BCUT2D eigenvalue weighted by Crippen LogP contribution is 2.31. The fraction of sp³-hybridized carbons (Fsp3) is 0.625. The van der Waals surface area contributed by atoms with Crippen molar-refractivity contribution in [1.82, 2.24) is 9.80 Å². The van der Waals surface area contributed by atoms with E-state index in [2.05, 4.69) is 0 Å². The van der Waals surface area contributed by atoms with Crippen LogP contribution in [-0.2, 0) is 9.59 Å². The molecule has 2 saturated heterocycles. The quantitative estimate of drug-likeness (QED) is 0.674. The first-order valence-corrected chi connectivity index (χ1v) is 11.6. The third-order valence-electron chi connectivity index (χ3n) is 6.54. The van der Waals surface area contributed by atoms with Crippen molar-refractivity contribution in [2.24, 2.45) is 5.92 Å². The van der Waals surface area contributed by atoms with E-state index in [0.29, 0.717) is 43.4 Å². The van der Waals surface area contributed by atoms with Gasteiger partial charge in [-0.15, -0.1) is 0 Å². The Hall–Kier alpha value is -2.57.